The number of rotatable bonds is 3. The van der Waals surface area contributed by atoms with Gasteiger partial charge >= 0.3 is 5.97 Å². The minimum atomic E-state index is -1.01. The maximum atomic E-state index is 11.4. The standard InChI is InChI=1S/C12H16N2O3/c1-6-4-9(14-11(15)8(3)13)5-10(7(6)2)12(16)17/h4-5,8H,13H2,1-3H3,(H,14,15)(H,16,17). The van der Waals surface area contributed by atoms with Gasteiger partial charge < -0.3 is 16.2 Å². The van der Waals surface area contributed by atoms with Gasteiger partial charge in [0, 0.05) is 5.69 Å². The molecule has 4 N–H and O–H groups in total. The molecule has 1 aromatic rings. The van der Waals surface area contributed by atoms with Crippen molar-refractivity contribution in [3.63, 3.8) is 0 Å². The number of anilines is 1. The van der Waals surface area contributed by atoms with E-state index in [1.54, 1.807) is 26.8 Å². The molecule has 5 heteroatoms. The van der Waals surface area contributed by atoms with Crippen molar-refractivity contribution in [3.8, 4) is 0 Å². The summed E-state index contributed by atoms with van der Waals surface area (Å²) in [7, 11) is 0. The lowest BCUT2D eigenvalue weighted by atomic mass is 10.0. The summed E-state index contributed by atoms with van der Waals surface area (Å²) in [6.45, 7) is 5.09. The molecule has 5 nitrogen and oxygen atoms in total. The monoisotopic (exact) mass is 236 g/mol. The molecule has 0 saturated heterocycles. The Labute approximate surface area is 99.6 Å². The molecule has 0 spiro atoms. The summed E-state index contributed by atoms with van der Waals surface area (Å²) in [6, 6.07) is 2.53. The third-order valence-electron chi connectivity index (χ3n) is 2.58. The highest BCUT2D eigenvalue weighted by Crippen LogP contribution is 2.20. The van der Waals surface area contributed by atoms with E-state index in [0.717, 1.165) is 5.56 Å². The van der Waals surface area contributed by atoms with Crippen molar-refractivity contribution in [3.05, 3.63) is 28.8 Å². The smallest absolute Gasteiger partial charge is 0.336 e. The molecular weight excluding hydrogens is 220 g/mol. The Morgan fingerprint density at radius 2 is 1.94 bits per heavy atom. The highest BCUT2D eigenvalue weighted by Gasteiger charge is 2.13. The Bertz CT molecular complexity index is 467. The lowest BCUT2D eigenvalue weighted by molar-refractivity contribution is -0.117. The van der Waals surface area contributed by atoms with Gasteiger partial charge in [-0.1, -0.05) is 0 Å². The molecule has 0 aliphatic rings. The molecule has 0 saturated carbocycles. The average Bonchev–Trinajstić information content (AvgIpc) is 2.22. The molecule has 1 unspecified atom stereocenters. The number of nitrogens with one attached hydrogen (secondary N) is 1. The normalized spacial score (nSPS) is 12.0. The summed E-state index contributed by atoms with van der Waals surface area (Å²) in [5, 5.41) is 11.6. The quantitative estimate of drug-likeness (QED) is 0.737. The van der Waals surface area contributed by atoms with Crippen LogP contribution in [0, 0.1) is 13.8 Å². The predicted molar refractivity (Wildman–Crippen MR) is 65.2 cm³/mol. The zero-order chi connectivity index (χ0) is 13.2. The van der Waals surface area contributed by atoms with Crippen LogP contribution in [-0.4, -0.2) is 23.0 Å². The van der Waals surface area contributed by atoms with Crippen molar-refractivity contribution in [2.75, 3.05) is 5.32 Å². The Balaban J connectivity index is 3.11. The molecule has 0 bridgehead atoms. The summed E-state index contributed by atoms with van der Waals surface area (Å²) in [6.07, 6.45) is 0. The average molecular weight is 236 g/mol. The van der Waals surface area contributed by atoms with E-state index in [1.165, 1.54) is 6.07 Å². The molecule has 92 valence electrons. The summed E-state index contributed by atoms with van der Waals surface area (Å²) < 4.78 is 0. The van der Waals surface area contributed by atoms with E-state index in [-0.39, 0.29) is 11.5 Å². The fourth-order valence-corrected chi connectivity index (χ4v) is 1.41. The van der Waals surface area contributed by atoms with Gasteiger partial charge in [0.15, 0.2) is 0 Å². The van der Waals surface area contributed by atoms with Gasteiger partial charge in [-0.05, 0) is 44.0 Å². The van der Waals surface area contributed by atoms with Crippen molar-refractivity contribution in [1.82, 2.24) is 0 Å². The van der Waals surface area contributed by atoms with Crippen molar-refractivity contribution in [2.24, 2.45) is 5.73 Å². The van der Waals surface area contributed by atoms with Gasteiger partial charge in [-0.25, -0.2) is 4.79 Å². The minimum Gasteiger partial charge on any atom is -0.478 e. The van der Waals surface area contributed by atoms with Crippen LogP contribution in [0.3, 0.4) is 0 Å². The minimum absolute atomic E-state index is 0.185. The topological polar surface area (TPSA) is 92.4 Å². The van der Waals surface area contributed by atoms with Gasteiger partial charge in [-0.3, -0.25) is 4.79 Å². The molecule has 0 aliphatic carbocycles. The highest BCUT2D eigenvalue weighted by molar-refractivity contribution is 5.97. The van der Waals surface area contributed by atoms with Crippen LogP contribution in [-0.2, 0) is 4.79 Å². The predicted octanol–water partition coefficient (Wildman–Crippen LogP) is 1.29. The molecule has 0 radical (unpaired) electrons. The first-order valence-electron chi connectivity index (χ1n) is 5.24. The van der Waals surface area contributed by atoms with E-state index >= 15 is 0 Å². The third-order valence-corrected chi connectivity index (χ3v) is 2.58. The van der Waals surface area contributed by atoms with Gasteiger partial charge in [0.2, 0.25) is 5.91 Å². The fourth-order valence-electron chi connectivity index (χ4n) is 1.41. The van der Waals surface area contributed by atoms with Gasteiger partial charge in [0.05, 0.1) is 11.6 Å². The Kier molecular flexibility index (Phi) is 3.85. The zero-order valence-electron chi connectivity index (χ0n) is 10.1. The Morgan fingerprint density at radius 1 is 1.35 bits per heavy atom. The van der Waals surface area contributed by atoms with Crippen molar-refractivity contribution >= 4 is 17.6 Å². The van der Waals surface area contributed by atoms with E-state index in [4.69, 9.17) is 10.8 Å². The number of nitrogens with two attached hydrogens (primary N) is 1. The molecule has 1 amide bonds. The maximum absolute atomic E-state index is 11.4. The van der Waals surface area contributed by atoms with Crippen LogP contribution in [0.25, 0.3) is 0 Å². The summed E-state index contributed by atoms with van der Waals surface area (Å²) in [4.78, 5) is 22.4. The SMILES string of the molecule is Cc1cc(NC(=O)C(C)N)cc(C(=O)O)c1C. The van der Waals surface area contributed by atoms with Gasteiger partial charge in [-0.15, -0.1) is 0 Å². The number of hydrogen-bond acceptors (Lipinski definition) is 3. The van der Waals surface area contributed by atoms with Crippen LogP contribution in [0.4, 0.5) is 5.69 Å². The summed E-state index contributed by atoms with van der Waals surface area (Å²) >= 11 is 0. The van der Waals surface area contributed by atoms with E-state index in [1.807, 2.05) is 0 Å². The first-order valence-corrected chi connectivity index (χ1v) is 5.24. The molecule has 0 heterocycles. The number of carboxylic acids is 1. The van der Waals surface area contributed by atoms with Crippen LogP contribution in [0.15, 0.2) is 12.1 Å². The molecule has 0 aliphatic heterocycles. The van der Waals surface area contributed by atoms with Crippen molar-refractivity contribution in [2.45, 2.75) is 26.8 Å². The van der Waals surface area contributed by atoms with Crippen LogP contribution in [0.1, 0.15) is 28.4 Å². The molecule has 0 fully saturated rings. The maximum Gasteiger partial charge on any atom is 0.336 e. The second kappa shape index (κ2) is 4.97. The third kappa shape index (κ3) is 3.04. The number of aromatic carboxylic acids is 1. The fraction of sp³-hybridized carbons (Fsp3) is 0.333. The largest absolute Gasteiger partial charge is 0.478 e. The van der Waals surface area contributed by atoms with Crippen molar-refractivity contribution in [1.29, 1.82) is 0 Å². The van der Waals surface area contributed by atoms with Crippen molar-refractivity contribution < 1.29 is 14.7 Å². The van der Waals surface area contributed by atoms with Gasteiger partial charge in [0.1, 0.15) is 0 Å². The van der Waals surface area contributed by atoms with E-state index in [2.05, 4.69) is 5.32 Å². The van der Waals surface area contributed by atoms with Gasteiger partial charge in [0.25, 0.3) is 0 Å². The first kappa shape index (κ1) is 13.2. The lowest BCUT2D eigenvalue weighted by Gasteiger charge is -2.11. The molecular formula is C12H16N2O3. The molecule has 1 atom stereocenters. The number of amides is 1. The molecule has 0 aromatic heterocycles. The van der Waals surface area contributed by atoms with E-state index < -0.39 is 12.0 Å². The van der Waals surface area contributed by atoms with Crippen LogP contribution in [0.5, 0.6) is 0 Å². The van der Waals surface area contributed by atoms with E-state index in [9.17, 15) is 9.59 Å². The second-order valence-electron chi connectivity index (χ2n) is 4.05. The number of carbonyl (C=O) groups excluding carboxylic acids is 1. The number of hydrogen-bond donors (Lipinski definition) is 3. The first-order chi connectivity index (χ1) is 7.82. The highest BCUT2D eigenvalue weighted by atomic mass is 16.4. The number of aryl methyl sites for hydroxylation is 1. The molecule has 17 heavy (non-hydrogen) atoms. The summed E-state index contributed by atoms with van der Waals surface area (Å²) in [5.41, 5.74) is 7.56. The second-order valence-corrected chi connectivity index (χ2v) is 4.05. The van der Waals surface area contributed by atoms with Gasteiger partial charge in [-0.2, -0.15) is 0 Å². The summed E-state index contributed by atoms with van der Waals surface area (Å²) in [5.74, 6) is -1.35. The molecule has 1 aromatic carbocycles. The zero-order valence-corrected chi connectivity index (χ0v) is 10.1. The Hall–Kier alpha value is -1.88. The Morgan fingerprint density at radius 3 is 2.41 bits per heavy atom. The van der Waals surface area contributed by atoms with Crippen LogP contribution >= 0.6 is 0 Å². The van der Waals surface area contributed by atoms with Crippen LogP contribution in [0.2, 0.25) is 0 Å². The van der Waals surface area contributed by atoms with E-state index in [0.29, 0.717) is 11.3 Å². The molecule has 1 rings (SSSR count). The number of benzene rings is 1. The number of carbonyl (C=O) groups is 2. The lowest BCUT2D eigenvalue weighted by Crippen LogP contribution is -2.32. The number of carboxylic acid groups (broad SMARTS) is 1. The van der Waals surface area contributed by atoms with Crippen LogP contribution < -0.4 is 11.1 Å².